The van der Waals surface area contributed by atoms with Crippen LogP contribution in [0.5, 0.6) is 11.5 Å². The van der Waals surface area contributed by atoms with Crippen molar-refractivity contribution < 1.29 is 22.6 Å². The molecule has 0 aliphatic carbocycles. The summed E-state index contributed by atoms with van der Waals surface area (Å²) in [7, 11) is 0. The van der Waals surface area contributed by atoms with Crippen molar-refractivity contribution in [1.29, 1.82) is 0 Å². The molecule has 2 aliphatic rings. The number of halogens is 3. The van der Waals surface area contributed by atoms with Gasteiger partial charge in [0.1, 0.15) is 0 Å². The number of hydrogen-bond acceptors (Lipinski definition) is 5. The summed E-state index contributed by atoms with van der Waals surface area (Å²) < 4.78 is 48.9. The predicted molar refractivity (Wildman–Crippen MR) is 77.4 cm³/mol. The summed E-state index contributed by atoms with van der Waals surface area (Å²) in [4.78, 5) is 9.27. The van der Waals surface area contributed by atoms with Crippen LogP contribution in [-0.4, -0.2) is 28.2 Å². The summed E-state index contributed by atoms with van der Waals surface area (Å²) in [5, 5.41) is 0. The molecule has 24 heavy (non-hydrogen) atoms. The van der Waals surface area contributed by atoms with Gasteiger partial charge in [0.2, 0.25) is 12.6 Å². The maximum Gasteiger partial charge on any atom is 0.451 e. The summed E-state index contributed by atoms with van der Waals surface area (Å²) in [6.07, 6.45) is -2.76. The zero-order valence-corrected chi connectivity index (χ0v) is 12.6. The van der Waals surface area contributed by atoms with E-state index in [9.17, 15) is 13.2 Å². The van der Waals surface area contributed by atoms with Crippen LogP contribution in [0.2, 0.25) is 0 Å². The standard InChI is InChI=1S/C16H14F3N3O2/c17-16(18,19)15-20-6-11-8-22(5-4-12(11)21-15)7-10-2-1-3-13-14(10)24-9-23-13/h1-3,6H,4-5,7-9H2. The van der Waals surface area contributed by atoms with E-state index in [1.165, 1.54) is 6.20 Å². The zero-order chi connectivity index (χ0) is 16.7. The van der Waals surface area contributed by atoms with E-state index in [-0.39, 0.29) is 6.79 Å². The highest BCUT2D eigenvalue weighted by atomic mass is 19.4. The van der Waals surface area contributed by atoms with E-state index in [0.717, 1.165) is 22.6 Å². The number of ether oxygens (including phenoxy) is 2. The number of rotatable bonds is 2. The average molecular weight is 337 g/mol. The van der Waals surface area contributed by atoms with Crippen LogP contribution in [0.1, 0.15) is 22.6 Å². The molecule has 2 aliphatic heterocycles. The summed E-state index contributed by atoms with van der Waals surface area (Å²) in [5.74, 6) is 0.399. The van der Waals surface area contributed by atoms with Gasteiger partial charge in [-0.05, 0) is 6.07 Å². The number of nitrogens with zero attached hydrogens (tertiary/aromatic N) is 3. The molecule has 2 aromatic rings. The van der Waals surface area contributed by atoms with E-state index in [4.69, 9.17) is 9.47 Å². The Labute approximate surface area is 136 Å². The maximum absolute atomic E-state index is 12.7. The van der Waals surface area contributed by atoms with Gasteiger partial charge in [-0.25, -0.2) is 9.97 Å². The van der Waals surface area contributed by atoms with Crippen LogP contribution in [0.4, 0.5) is 13.2 Å². The van der Waals surface area contributed by atoms with Crippen molar-refractivity contribution in [1.82, 2.24) is 14.9 Å². The van der Waals surface area contributed by atoms with Crippen molar-refractivity contribution in [3.8, 4) is 11.5 Å². The Kier molecular flexibility index (Phi) is 3.56. The van der Waals surface area contributed by atoms with Gasteiger partial charge in [0.15, 0.2) is 11.5 Å². The molecule has 5 nitrogen and oxygen atoms in total. The number of aromatic nitrogens is 2. The van der Waals surface area contributed by atoms with E-state index in [0.29, 0.717) is 31.7 Å². The Balaban J connectivity index is 1.52. The predicted octanol–water partition coefficient (Wildman–Crippen LogP) is 2.78. The third kappa shape index (κ3) is 2.77. The molecule has 0 amide bonds. The van der Waals surface area contributed by atoms with Crippen LogP contribution in [0, 0.1) is 0 Å². The van der Waals surface area contributed by atoms with Crippen molar-refractivity contribution in [2.75, 3.05) is 13.3 Å². The van der Waals surface area contributed by atoms with E-state index in [1.54, 1.807) is 0 Å². The highest BCUT2D eigenvalue weighted by Gasteiger charge is 2.35. The molecule has 0 fully saturated rings. The SMILES string of the molecule is FC(F)(F)c1ncc2c(n1)CCN(Cc1cccc3c1OCO3)C2. The molecule has 0 radical (unpaired) electrons. The Morgan fingerprint density at radius 2 is 2.08 bits per heavy atom. The first-order valence-electron chi connectivity index (χ1n) is 7.52. The molecule has 0 atom stereocenters. The van der Waals surface area contributed by atoms with Crippen LogP contribution >= 0.6 is 0 Å². The Hall–Kier alpha value is -2.35. The van der Waals surface area contributed by atoms with Gasteiger partial charge in [-0.1, -0.05) is 12.1 Å². The lowest BCUT2D eigenvalue weighted by molar-refractivity contribution is -0.145. The van der Waals surface area contributed by atoms with Crippen molar-refractivity contribution in [3.05, 3.63) is 47.0 Å². The second-order valence-electron chi connectivity index (χ2n) is 5.77. The second-order valence-corrected chi connectivity index (χ2v) is 5.77. The quantitative estimate of drug-likeness (QED) is 0.843. The van der Waals surface area contributed by atoms with E-state index in [2.05, 4.69) is 14.9 Å². The normalized spacial score (nSPS) is 17.0. The fourth-order valence-electron chi connectivity index (χ4n) is 3.00. The molecule has 0 saturated carbocycles. The van der Waals surface area contributed by atoms with E-state index >= 15 is 0 Å². The first kappa shape index (κ1) is 15.2. The van der Waals surface area contributed by atoms with Crippen LogP contribution in [0.25, 0.3) is 0 Å². The number of hydrogen-bond donors (Lipinski definition) is 0. The third-order valence-electron chi connectivity index (χ3n) is 4.14. The van der Waals surface area contributed by atoms with Gasteiger partial charge in [0, 0.05) is 43.4 Å². The molecule has 3 heterocycles. The number of benzene rings is 1. The van der Waals surface area contributed by atoms with Gasteiger partial charge in [-0.15, -0.1) is 0 Å². The third-order valence-corrected chi connectivity index (χ3v) is 4.14. The summed E-state index contributed by atoms with van der Waals surface area (Å²) in [6.45, 7) is 1.99. The summed E-state index contributed by atoms with van der Waals surface area (Å²) in [5.41, 5.74) is 2.21. The van der Waals surface area contributed by atoms with Crippen molar-refractivity contribution in [2.45, 2.75) is 25.7 Å². The van der Waals surface area contributed by atoms with Crippen LogP contribution < -0.4 is 9.47 Å². The summed E-state index contributed by atoms with van der Waals surface area (Å²) in [6, 6.07) is 5.72. The topological polar surface area (TPSA) is 47.5 Å². The molecular formula is C16H14F3N3O2. The van der Waals surface area contributed by atoms with Gasteiger partial charge < -0.3 is 9.47 Å². The first-order chi connectivity index (χ1) is 11.5. The molecule has 8 heteroatoms. The lowest BCUT2D eigenvalue weighted by atomic mass is 10.1. The molecule has 0 unspecified atom stereocenters. The van der Waals surface area contributed by atoms with Gasteiger partial charge in [-0.3, -0.25) is 4.90 Å². The molecule has 0 N–H and O–H groups in total. The number of fused-ring (bicyclic) bond motifs is 2. The van der Waals surface area contributed by atoms with Gasteiger partial charge >= 0.3 is 6.18 Å². The van der Waals surface area contributed by atoms with Crippen molar-refractivity contribution >= 4 is 0 Å². The average Bonchev–Trinajstić information content (AvgIpc) is 3.03. The smallest absolute Gasteiger partial charge is 0.451 e. The fraction of sp³-hybridized carbons (Fsp3) is 0.375. The molecular weight excluding hydrogens is 323 g/mol. The molecule has 4 rings (SSSR count). The van der Waals surface area contributed by atoms with Crippen molar-refractivity contribution in [2.24, 2.45) is 0 Å². The van der Waals surface area contributed by atoms with Crippen LogP contribution in [0.3, 0.4) is 0 Å². The molecule has 1 aromatic carbocycles. The Morgan fingerprint density at radius 1 is 1.21 bits per heavy atom. The highest BCUT2D eigenvalue weighted by Crippen LogP contribution is 2.36. The monoisotopic (exact) mass is 337 g/mol. The van der Waals surface area contributed by atoms with Gasteiger partial charge in [0.05, 0.1) is 5.69 Å². The lowest BCUT2D eigenvalue weighted by Gasteiger charge is -2.28. The second kappa shape index (κ2) is 5.62. The van der Waals surface area contributed by atoms with Gasteiger partial charge in [-0.2, -0.15) is 13.2 Å². The first-order valence-corrected chi connectivity index (χ1v) is 7.52. The summed E-state index contributed by atoms with van der Waals surface area (Å²) >= 11 is 0. The van der Waals surface area contributed by atoms with Gasteiger partial charge in [0.25, 0.3) is 0 Å². The molecule has 0 bridgehead atoms. The largest absolute Gasteiger partial charge is 0.454 e. The zero-order valence-electron chi connectivity index (χ0n) is 12.6. The van der Waals surface area contributed by atoms with E-state index in [1.807, 2.05) is 18.2 Å². The lowest BCUT2D eigenvalue weighted by Crippen LogP contribution is -2.31. The minimum Gasteiger partial charge on any atom is -0.454 e. The van der Waals surface area contributed by atoms with Crippen LogP contribution in [0.15, 0.2) is 24.4 Å². The molecule has 1 aromatic heterocycles. The van der Waals surface area contributed by atoms with E-state index < -0.39 is 12.0 Å². The molecule has 0 saturated heterocycles. The van der Waals surface area contributed by atoms with Crippen molar-refractivity contribution in [3.63, 3.8) is 0 Å². The molecule has 0 spiro atoms. The molecule has 126 valence electrons. The fourth-order valence-corrected chi connectivity index (χ4v) is 3.00. The maximum atomic E-state index is 12.7. The minimum absolute atomic E-state index is 0.212. The van der Waals surface area contributed by atoms with Crippen LogP contribution in [-0.2, 0) is 25.7 Å². The number of alkyl halides is 3. The Morgan fingerprint density at radius 3 is 2.92 bits per heavy atom. The minimum atomic E-state index is -4.51. The number of para-hydroxylation sites is 1. The Bertz CT molecular complexity index is 780. The highest BCUT2D eigenvalue weighted by molar-refractivity contribution is 5.48.